The van der Waals surface area contributed by atoms with E-state index in [0.717, 1.165) is 38.3 Å². The van der Waals surface area contributed by atoms with Gasteiger partial charge in [0.15, 0.2) is 0 Å². The minimum Gasteiger partial charge on any atom is -0.464 e. The first-order valence-electron chi connectivity index (χ1n) is 8.72. The molecule has 2 N–H and O–H groups in total. The molecule has 1 heterocycles. The van der Waals surface area contributed by atoms with E-state index in [1.807, 2.05) is 6.07 Å². The van der Waals surface area contributed by atoms with Crippen molar-refractivity contribution in [1.29, 1.82) is 0 Å². The van der Waals surface area contributed by atoms with Gasteiger partial charge < -0.3 is 14.5 Å². The highest BCUT2D eigenvalue weighted by Gasteiger charge is 2.36. The van der Waals surface area contributed by atoms with E-state index in [1.54, 1.807) is 12.1 Å². The number of nitrogens with one attached hydrogen (secondary N) is 2. The third-order valence-corrected chi connectivity index (χ3v) is 4.94. The first-order chi connectivity index (χ1) is 12.2. The number of ether oxygens (including phenoxy) is 1. The molecule has 1 saturated heterocycles. The molecule has 0 radical (unpaired) electrons. The van der Waals surface area contributed by atoms with Gasteiger partial charge in [-0.3, -0.25) is 0 Å². The molecule has 132 valence electrons. The van der Waals surface area contributed by atoms with E-state index in [1.165, 1.54) is 34.6 Å². The van der Waals surface area contributed by atoms with Crippen molar-refractivity contribution in [2.24, 2.45) is 0 Å². The minimum absolute atomic E-state index is 0.256. The first-order valence-corrected chi connectivity index (χ1v) is 8.72. The van der Waals surface area contributed by atoms with Crippen molar-refractivity contribution in [2.45, 2.75) is 12.6 Å². The summed E-state index contributed by atoms with van der Waals surface area (Å²) in [6.07, 6.45) is 0. The Morgan fingerprint density at radius 2 is 1.68 bits per heavy atom. The molecule has 0 aliphatic carbocycles. The molecular weight excluding hydrogens is 319 g/mol. The molecule has 3 rings (SSSR count). The summed E-state index contributed by atoms with van der Waals surface area (Å²) in [6, 6.07) is 16.3. The molecule has 0 unspecified atom stereocenters. The van der Waals surface area contributed by atoms with Gasteiger partial charge in [-0.05, 0) is 24.3 Å². The highest BCUT2D eigenvalue weighted by molar-refractivity contribution is 5.75. The Labute approximate surface area is 147 Å². The summed E-state index contributed by atoms with van der Waals surface area (Å²) in [4.78, 5) is 15.0. The number of piperazine rings is 1. The highest BCUT2D eigenvalue weighted by Crippen LogP contribution is 2.12. The van der Waals surface area contributed by atoms with Crippen molar-refractivity contribution in [3.8, 4) is 0 Å². The largest absolute Gasteiger partial charge is 0.464 e. The Morgan fingerprint density at radius 1 is 1.04 bits per heavy atom. The lowest BCUT2D eigenvalue weighted by atomic mass is 10.0. The van der Waals surface area contributed by atoms with Crippen LogP contribution in [0.4, 0.5) is 4.39 Å². The predicted molar refractivity (Wildman–Crippen MR) is 92.7 cm³/mol. The van der Waals surface area contributed by atoms with Gasteiger partial charge in [0.25, 0.3) is 0 Å². The number of halogens is 1. The molecule has 0 amide bonds. The smallest absolute Gasteiger partial charge is 0.369 e. The molecule has 2 aromatic rings. The van der Waals surface area contributed by atoms with E-state index >= 15 is 0 Å². The maximum Gasteiger partial charge on any atom is 0.369 e. The van der Waals surface area contributed by atoms with Crippen LogP contribution in [0.2, 0.25) is 0 Å². The number of benzene rings is 2. The SMILES string of the molecule is COC(=O)[C@@H](c1ccc(F)cc1)[NH+]1CC[NH+](Cc2ccccc2)CC1. The monoisotopic (exact) mass is 344 g/mol. The Balaban J connectivity index is 1.66. The minimum atomic E-state index is -0.385. The molecule has 5 heteroatoms. The number of methoxy groups -OCH3 is 1. The fourth-order valence-corrected chi connectivity index (χ4v) is 3.59. The van der Waals surface area contributed by atoms with Crippen LogP contribution in [0.5, 0.6) is 0 Å². The van der Waals surface area contributed by atoms with Crippen molar-refractivity contribution in [3.05, 3.63) is 71.5 Å². The van der Waals surface area contributed by atoms with Gasteiger partial charge in [-0.1, -0.05) is 30.3 Å². The summed E-state index contributed by atoms with van der Waals surface area (Å²) in [5.74, 6) is -0.549. The Kier molecular flexibility index (Phi) is 5.79. The highest BCUT2D eigenvalue weighted by atomic mass is 19.1. The zero-order chi connectivity index (χ0) is 17.6. The van der Waals surface area contributed by atoms with Crippen molar-refractivity contribution < 1.29 is 23.7 Å². The van der Waals surface area contributed by atoms with Gasteiger partial charge in [0.2, 0.25) is 6.04 Å². The lowest BCUT2D eigenvalue weighted by molar-refractivity contribution is -1.03. The molecule has 2 aromatic carbocycles. The average Bonchev–Trinajstić information content (AvgIpc) is 2.65. The number of carbonyl (C=O) groups excluding carboxylic acids is 1. The third-order valence-electron chi connectivity index (χ3n) is 4.94. The van der Waals surface area contributed by atoms with E-state index in [-0.39, 0.29) is 17.8 Å². The molecule has 25 heavy (non-hydrogen) atoms. The van der Waals surface area contributed by atoms with Crippen LogP contribution in [0.25, 0.3) is 0 Å². The quantitative estimate of drug-likeness (QED) is 0.751. The predicted octanol–water partition coefficient (Wildman–Crippen LogP) is 0.0234. The van der Waals surface area contributed by atoms with E-state index < -0.39 is 0 Å². The second kappa shape index (κ2) is 8.23. The van der Waals surface area contributed by atoms with Gasteiger partial charge in [-0.2, -0.15) is 0 Å². The van der Waals surface area contributed by atoms with Gasteiger partial charge in [0, 0.05) is 11.1 Å². The zero-order valence-electron chi connectivity index (χ0n) is 14.5. The number of rotatable bonds is 5. The fraction of sp³-hybridized carbons (Fsp3) is 0.350. The summed E-state index contributed by atoms with van der Waals surface area (Å²) in [7, 11) is 1.41. The summed E-state index contributed by atoms with van der Waals surface area (Å²) in [6.45, 7) is 4.78. The molecule has 1 aliphatic rings. The summed E-state index contributed by atoms with van der Waals surface area (Å²) in [5.41, 5.74) is 2.15. The van der Waals surface area contributed by atoms with Crippen LogP contribution in [-0.4, -0.2) is 39.3 Å². The second-order valence-corrected chi connectivity index (χ2v) is 6.58. The maximum absolute atomic E-state index is 13.2. The van der Waals surface area contributed by atoms with Crippen molar-refractivity contribution in [1.82, 2.24) is 0 Å². The molecule has 4 nitrogen and oxygen atoms in total. The van der Waals surface area contributed by atoms with E-state index in [4.69, 9.17) is 4.74 Å². The summed E-state index contributed by atoms with van der Waals surface area (Å²) in [5, 5.41) is 0. The van der Waals surface area contributed by atoms with Crippen molar-refractivity contribution in [2.75, 3.05) is 33.3 Å². The van der Waals surface area contributed by atoms with E-state index in [2.05, 4.69) is 24.3 Å². The van der Waals surface area contributed by atoms with Gasteiger partial charge in [-0.15, -0.1) is 0 Å². The average molecular weight is 344 g/mol. The standard InChI is InChI=1S/C20H23FN2O2/c1-25-20(24)19(17-7-9-18(21)10-8-17)23-13-11-22(12-14-23)15-16-5-3-2-4-6-16/h2-10,19H,11-15H2,1H3/p+2/t19-/m1/s1. The Hall–Kier alpha value is -2.24. The lowest BCUT2D eigenvalue weighted by Crippen LogP contribution is -3.28. The molecule has 0 aromatic heterocycles. The van der Waals surface area contributed by atoms with E-state index in [0.29, 0.717) is 0 Å². The Bertz CT molecular complexity index is 683. The van der Waals surface area contributed by atoms with Crippen LogP contribution >= 0.6 is 0 Å². The number of hydrogen-bond acceptors (Lipinski definition) is 2. The molecule has 1 aliphatic heterocycles. The number of quaternary nitrogens is 2. The normalized spacial score (nSPS) is 21.5. The fourth-order valence-electron chi connectivity index (χ4n) is 3.59. The van der Waals surface area contributed by atoms with Crippen LogP contribution in [0, 0.1) is 5.82 Å². The maximum atomic E-state index is 13.2. The third kappa shape index (κ3) is 4.44. The van der Waals surface area contributed by atoms with Crippen LogP contribution in [0.3, 0.4) is 0 Å². The number of carbonyl (C=O) groups is 1. The Morgan fingerprint density at radius 3 is 2.28 bits per heavy atom. The molecule has 0 bridgehead atoms. The van der Waals surface area contributed by atoms with Gasteiger partial charge >= 0.3 is 5.97 Å². The molecule has 1 atom stereocenters. The summed E-state index contributed by atoms with van der Waals surface area (Å²) >= 11 is 0. The second-order valence-electron chi connectivity index (χ2n) is 6.58. The van der Waals surface area contributed by atoms with Gasteiger partial charge in [0.05, 0.1) is 7.11 Å². The van der Waals surface area contributed by atoms with Gasteiger partial charge in [0.1, 0.15) is 38.5 Å². The number of hydrogen-bond donors (Lipinski definition) is 2. The van der Waals surface area contributed by atoms with Crippen molar-refractivity contribution in [3.63, 3.8) is 0 Å². The van der Waals surface area contributed by atoms with Crippen molar-refractivity contribution >= 4 is 5.97 Å². The van der Waals surface area contributed by atoms with E-state index in [9.17, 15) is 9.18 Å². The molecule has 0 spiro atoms. The number of esters is 1. The molecule has 1 fully saturated rings. The molecular formula is C20H25FN2O2+2. The molecule has 0 saturated carbocycles. The topological polar surface area (TPSA) is 35.2 Å². The van der Waals surface area contributed by atoms with Crippen LogP contribution in [-0.2, 0) is 16.1 Å². The first kappa shape index (κ1) is 17.6. The van der Waals surface area contributed by atoms with Crippen LogP contribution < -0.4 is 9.80 Å². The van der Waals surface area contributed by atoms with Crippen LogP contribution in [0.15, 0.2) is 54.6 Å². The summed E-state index contributed by atoms with van der Waals surface area (Å²) < 4.78 is 18.2. The van der Waals surface area contributed by atoms with Crippen LogP contribution in [0.1, 0.15) is 17.2 Å². The van der Waals surface area contributed by atoms with Gasteiger partial charge in [-0.25, -0.2) is 9.18 Å². The zero-order valence-corrected chi connectivity index (χ0v) is 14.5. The lowest BCUT2D eigenvalue weighted by Gasteiger charge is -2.33.